The van der Waals surface area contributed by atoms with E-state index in [9.17, 15) is 9.90 Å². The number of nitrogens with two attached hydrogens (primary N) is 1. The van der Waals surface area contributed by atoms with E-state index in [1.165, 1.54) is 12.8 Å². The zero-order valence-electron chi connectivity index (χ0n) is 11.9. The van der Waals surface area contributed by atoms with Crippen LogP contribution in [-0.2, 0) is 4.79 Å². The van der Waals surface area contributed by atoms with E-state index in [0.29, 0.717) is 18.3 Å². The molecular weight excluding hydrogens is 240 g/mol. The van der Waals surface area contributed by atoms with E-state index in [2.05, 4.69) is 0 Å². The van der Waals surface area contributed by atoms with Crippen LogP contribution in [0, 0.1) is 11.8 Å². The van der Waals surface area contributed by atoms with Crippen molar-refractivity contribution in [2.75, 3.05) is 19.7 Å². The largest absolute Gasteiger partial charge is 0.394 e. The molecule has 0 bridgehead atoms. The number of likely N-dealkylation sites (tertiary alicyclic amines) is 1. The Labute approximate surface area is 116 Å². The third-order valence-corrected chi connectivity index (χ3v) is 4.92. The second-order valence-corrected chi connectivity index (χ2v) is 6.25. The maximum atomic E-state index is 12.4. The fourth-order valence-corrected chi connectivity index (χ4v) is 3.55. The van der Waals surface area contributed by atoms with E-state index in [4.69, 9.17) is 5.73 Å². The van der Waals surface area contributed by atoms with Gasteiger partial charge in [-0.15, -0.1) is 0 Å². The lowest BCUT2D eigenvalue weighted by Gasteiger charge is -2.36. The number of hydrogen-bond acceptors (Lipinski definition) is 3. The average molecular weight is 268 g/mol. The average Bonchev–Trinajstić information content (AvgIpc) is 2.48. The number of piperidine rings is 1. The molecule has 1 amide bonds. The Morgan fingerprint density at radius 1 is 1.11 bits per heavy atom. The summed E-state index contributed by atoms with van der Waals surface area (Å²) < 4.78 is 0. The minimum atomic E-state index is 0.0710. The highest BCUT2D eigenvalue weighted by Crippen LogP contribution is 2.31. The monoisotopic (exact) mass is 268 g/mol. The van der Waals surface area contributed by atoms with Gasteiger partial charge in [-0.2, -0.15) is 0 Å². The molecule has 110 valence electrons. The van der Waals surface area contributed by atoms with E-state index < -0.39 is 0 Å². The second-order valence-electron chi connectivity index (χ2n) is 6.25. The van der Waals surface area contributed by atoms with Crippen molar-refractivity contribution in [3.8, 4) is 0 Å². The first kappa shape index (κ1) is 14.8. The van der Waals surface area contributed by atoms with Crippen LogP contribution in [0.1, 0.15) is 51.4 Å². The fraction of sp³-hybridized carbons (Fsp3) is 0.933. The van der Waals surface area contributed by atoms with Crippen LogP contribution in [0.15, 0.2) is 0 Å². The molecule has 1 heterocycles. The van der Waals surface area contributed by atoms with E-state index >= 15 is 0 Å². The summed E-state index contributed by atoms with van der Waals surface area (Å²) in [5, 5.41) is 9.38. The van der Waals surface area contributed by atoms with Crippen LogP contribution in [0.3, 0.4) is 0 Å². The second kappa shape index (κ2) is 7.25. The van der Waals surface area contributed by atoms with Crippen molar-refractivity contribution in [1.82, 2.24) is 4.90 Å². The fourth-order valence-electron chi connectivity index (χ4n) is 3.55. The van der Waals surface area contributed by atoms with Gasteiger partial charge < -0.3 is 15.7 Å². The third-order valence-electron chi connectivity index (χ3n) is 4.92. The summed E-state index contributed by atoms with van der Waals surface area (Å²) in [6, 6.07) is 0.0710. The molecule has 19 heavy (non-hydrogen) atoms. The third kappa shape index (κ3) is 3.93. The SMILES string of the molecule is NCC1CCC(CC(=O)N2CCCCC2CO)CC1. The van der Waals surface area contributed by atoms with Crippen molar-refractivity contribution in [2.24, 2.45) is 17.6 Å². The molecule has 4 heteroatoms. The van der Waals surface area contributed by atoms with Crippen molar-refractivity contribution in [2.45, 2.75) is 57.4 Å². The number of rotatable bonds is 4. The van der Waals surface area contributed by atoms with E-state index in [0.717, 1.165) is 45.2 Å². The molecule has 4 nitrogen and oxygen atoms in total. The Morgan fingerprint density at radius 2 is 1.79 bits per heavy atom. The summed E-state index contributed by atoms with van der Waals surface area (Å²) in [5.41, 5.74) is 5.70. The molecule has 1 aliphatic heterocycles. The van der Waals surface area contributed by atoms with E-state index in [1.807, 2.05) is 4.90 Å². The van der Waals surface area contributed by atoms with Crippen LogP contribution in [0.2, 0.25) is 0 Å². The molecule has 2 rings (SSSR count). The van der Waals surface area contributed by atoms with Crippen LogP contribution >= 0.6 is 0 Å². The Kier molecular flexibility index (Phi) is 5.64. The first-order valence-corrected chi connectivity index (χ1v) is 7.85. The van der Waals surface area contributed by atoms with Gasteiger partial charge in [0.25, 0.3) is 0 Å². The van der Waals surface area contributed by atoms with Crippen LogP contribution in [0.5, 0.6) is 0 Å². The highest BCUT2D eigenvalue weighted by molar-refractivity contribution is 5.77. The number of amides is 1. The summed E-state index contributed by atoms with van der Waals surface area (Å²) in [6.45, 7) is 1.74. The number of carbonyl (C=O) groups is 1. The summed E-state index contributed by atoms with van der Waals surface area (Å²) in [7, 11) is 0. The van der Waals surface area contributed by atoms with Crippen LogP contribution in [-0.4, -0.2) is 41.7 Å². The highest BCUT2D eigenvalue weighted by atomic mass is 16.3. The molecule has 0 spiro atoms. The predicted octanol–water partition coefficient (Wildman–Crippen LogP) is 1.51. The number of aliphatic hydroxyl groups excluding tert-OH is 1. The first-order chi connectivity index (χ1) is 9.24. The number of nitrogens with zero attached hydrogens (tertiary/aromatic N) is 1. The van der Waals surface area contributed by atoms with Crippen LogP contribution in [0.4, 0.5) is 0 Å². The maximum absolute atomic E-state index is 12.4. The van der Waals surface area contributed by atoms with E-state index in [1.54, 1.807) is 0 Å². The molecule has 1 atom stereocenters. The lowest BCUT2D eigenvalue weighted by atomic mass is 9.80. The van der Waals surface area contributed by atoms with Crippen molar-refractivity contribution in [3.05, 3.63) is 0 Å². The molecule has 0 aromatic carbocycles. The molecule has 0 aromatic heterocycles. The minimum absolute atomic E-state index is 0.0710. The number of carbonyl (C=O) groups excluding carboxylic acids is 1. The number of aliphatic hydroxyl groups is 1. The standard InChI is InChI=1S/C15H28N2O2/c16-10-13-6-4-12(5-7-13)9-15(19)17-8-2-1-3-14(17)11-18/h12-14,18H,1-11,16H2. The molecule has 0 aromatic rings. The van der Waals surface area contributed by atoms with Gasteiger partial charge in [0.1, 0.15) is 0 Å². The summed E-state index contributed by atoms with van der Waals surface area (Å²) in [4.78, 5) is 14.3. The van der Waals surface area contributed by atoms with Crippen molar-refractivity contribution < 1.29 is 9.90 Å². The maximum Gasteiger partial charge on any atom is 0.223 e. The summed E-state index contributed by atoms with van der Waals surface area (Å²) in [5.74, 6) is 1.47. The quantitative estimate of drug-likeness (QED) is 0.812. The molecule has 1 saturated carbocycles. The topological polar surface area (TPSA) is 66.6 Å². The number of hydrogen-bond donors (Lipinski definition) is 2. The van der Waals surface area contributed by atoms with Crippen molar-refractivity contribution >= 4 is 5.91 Å². The minimum Gasteiger partial charge on any atom is -0.394 e. The Balaban J connectivity index is 1.80. The Hall–Kier alpha value is -0.610. The van der Waals surface area contributed by atoms with Gasteiger partial charge in [-0.05, 0) is 63.3 Å². The normalized spacial score (nSPS) is 32.3. The summed E-state index contributed by atoms with van der Waals surface area (Å²) in [6.07, 6.45) is 8.50. The van der Waals surface area contributed by atoms with Crippen LogP contribution in [0.25, 0.3) is 0 Å². The molecular formula is C15H28N2O2. The smallest absolute Gasteiger partial charge is 0.223 e. The van der Waals surface area contributed by atoms with Crippen molar-refractivity contribution in [3.63, 3.8) is 0 Å². The van der Waals surface area contributed by atoms with Gasteiger partial charge in [0, 0.05) is 13.0 Å². The molecule has 3 N–H and O–H groups in total. The molecule has 1 unspecified atom stereocenters. The van der Waals surface area contributed by atoms with E-state index in [-0.39, 0.29) is 18.6 Å². The highest BCUT2D eigenvalue weighted by Gasteiger charge is 2.29. The summed E-state index contributed by atoms with van der Waals surface area (Å²) >= 11 is 0. The van der Waals surface area contributed by atoms with Crippen molar-refractivity contribution in [1.29, 1.82) is 0 Å². The molecule has 2 aliphatic rings. The zero-order chi connectivity index (χ0) is 13.7. The molecule has 1 saturated heterocycles. The lowest BCUT2D eigenvalue weighted by Crippen LogP contribution is -2.46. The van der Waals surface area contributed by atoms with Gasteiger partial charge in [-0.3, -0.25) is 4.79 Å². The van der Waals surface area contributed by atoms with Gasteiger partial charge in [0.15, 0.2) is 0 Å². The molecule has 0 radical (unpaired) electrons. The molecule has 2 fully saturated rings. The van der Waals surface area contributed by atoms with Gasteiger partial charge >= 0.3 is 0 Å². The van der Waals surface area contributed by atoms with Gasteiger partial charge in [-0.25, -0.2) is 0 Å². The first-order valence-electron chi connectivity index (χ1n) is 7.85. The zero-order valence-corrected chi connectivity index (χ0v) is 11.9. The van der Waals surface area contributed by atoms with Crippen LogP contribution < -0.4 is 5.73 Å². The van der Waals surface area contributed by atoms with Gasteiger partial charge in [0.2, 0.25) is 5.91 Å². The molecule has 1 aliphatic carbocycles. The van der Waals surface area contributed by atoms with Gasteiger partial charge in [0.05, 0.1) is 12.6 Å². The predicted molar refractivity (Wildman–Crippen MR) is 75.6 cm³/mol. The lowest BCUT2D eigenvalue weighted by molar-refractivity contribution is -0.137. The Morgan fingerprint density at radius 3 is 2.42 bits per heavy atom. The van der Waals surface area contributed by atoms with Gasteiger partial charge in [-0.1, -0.05) is 0 Å². The Bertz CT molecular complexity index is 288.